The lowest BCUT2D eigenvalue weighted by Gasteiger charge is -2.19. The van der Waals surface area contributed by atoms with Crippen LogP contribution in [0, 0.1) is 0 Å². The van der Waals surface area contributed by atoms with Crippen molar-refractivity contribution in [2.24, 2.45) is 7.05 Å². The van der Waals surface area contributed by atoms with Gasteiger partial charge in [0.15, 0.2) is 6.61 Å². The summed E-state index contributed by atoms with van der Waals surface area (Å²) in [7, 11) is -2.36. The second-order valence-corrected chi connectivity index (χ2v) is 8.21. The predicted octanol–water partition coefficient (Wildman–Crippen LogP) is 0.362. The van der Waals surface area contributed by atoms with Crippen LogP contribution in [0.1, 0.15) is 24.2 Å². The van der Waals surface area contributed by atoms with Gasteiger partial charge in [-0.3, -0.25) is 19.1 Å². The molecule has 1 aromatic heterocycles. The quantitative estimate of drug-likeness (QED) is 0.497. The third-order valence-electron chi connectivity index (χ3n) is 4.21. The van der Waals surface area contributed by atoms with Crippen molar-refractivity contribution in [3.8, 4) is 0 Å². The molecule has 2 aromatic rings. The van der Waals surface area contributed by atoms with E-state index in [4.69, 9.17) is 4.74 Å². The number of aryl methyl sites for hydroxylation is 1. The average Bonchev–Trinajstić information content (AvgIpc) is 3.19. The first kappa shape index (κ1) is 24.0. The number of benzene rings is 1. The van der Waals surface area contributed by atoms with Gasteiger partial charge in [-0.25, -0.2) is 8.42 Å². The maximum absolute atomic E-state index is 12.4. The van der Waals surface area contributed by atoms with E-state index in [2.05, 4.69) is 15.1 Å². The molecule has 0 spiro atoms. The van der Waals surface area contributed by atoms with E-state index in [0.29, 0.717) is 24.3 Å². The molecule has 0 saturated carbocycles. The predicted molar refractivity (Wildman–Crippen MR) is 112 cm³/mol. The highest BCUT2D eigenvalue weighted by molar-refractivity contribution is 7.89. The van der Waals surface area contributed by atoms with Crippen LogP contribution in [0.25, 0.3) is 0 Å². The van der Waals surface area contributed by atoms with Crippen LogP contribution in [0.5, 0.6) is 0 Å². The molecule has 168 valence electrons. The highest BCUT2D eigenvalue weighted by Crippen LogP contribution is 2.13. The van der Waals surface area contributed by atoms with Crippen LogP contribution in [0.3, 0.4) is 0 Å². The zero-order valence-electron chi connectivity index (χ0n) is 17.5. The van der Waals surface area contributed by atoms with E-state index in [9.17, 15) is 22.8 Å². The topological polar surface area (TPSA) is 140 Å². The van der Waals surface area contributed by atoms with Crippen molar-refractivity contribution in [3.63, 3.8) is 0 Å². The number of anilines is 1. The number of carbonyl (C=O) groups is 3. The third-order valence-corrected chi connectivity index (χ3v) is 5.56. The van der Waals surface area contributed by atoms with E-state index in [-0.39, 0.29) is 10.8 Å². The zero-order valence-corrected chi connectivity index (χ0v) is 18.3. The minimum Gasteiger partial charge on any atom is -0.455 e. The third kappa shape index (κ3) is 6.89. The summed E-state index contributed by atoms with van der Waals surface area (Å²) >= 11 is 0. The molecular weight excluding hydrogens is 426 g/mol. The number of rotatable bonds is 10. The monoisotopic (exact) mass is 451 g/mol. The Labute approximate surface area is 180 Å². The summed E-state index contributed by atoms with van der Waals surface area (Å²) in [5.41, 5.74) is 0.791. The van der Waals surface area contributed by atoms with Crippen LogP contribution in [-0.4, -0.2) is 67.1 Å². The number of amides is 2. The number of nitrogens with one attached hydrogen (secondary N) is 2. The van der Waals surface area contributed by atoms with Crippen molar-refractivity contribution in [3.05, 3.63) is 42.2 Å². The molecule has 0 unspecified atom stereocenters. The Morgan fingerprint density at radius 2 is 1.90 bits per heavy atom. The minimum absolute atomic E-state index is 0.0975. The molecule has 0 aliphatic carbocycles. The highest BCUT2D eigenvalue weighted by atomic mass is 32.2. The van der Waals surface area contributed by atoms with Gasteiger partial charge in [0, 0.05) is 37.6 Å². The fourth-order valence-electron chi connectivity index (χ4n) is 2.59. The zero-order chi connectivity index (χ0) is 23.0. The van der Waals surface area contributed by atoms with Gasteiger partial charge in [0.25, 0.3) is 11.8 Å². The Morgan fingerprint density at radius 3 is 2.52 bits per heavy atom. The first-order chi connectivity index (χ1) is 14.7. The number of sulfonamides is 1. The van der Waals surface area contributed by atoms with Crippen molar-refractivity contribution in [2.45, 2.75) is 18.7 Å². The number of nitrogens with zero attached hydrogens (tertiary/aromatic N) is 3. The molecule has 0 bridgehead atoms. The van der Waals surface area contributed by atoms with Gasteiger partial charge in [-0.1, -0.05) is 6.07 Å². The summed E-state index contributed by atoms with van der Waals surface area (Å²) < 4.78 is 32.2. The Balaban J connectivity index is 1.84. The van der Waals surface area contributed by atoms with Crippen LogP contribution < -0.4 is 10.0 Å². The molecule has 0 saturated heterocycles. The molecule has 0 aliphatic heterocycles. The van der Waals surface area contributed by atoms with E-state index in [0.717, 1.165) is 6.20 Å². The molecule has 2 amide bonds. The molecule has 2 N–H and O–H groups in total. The maximum atomic E-state index is 12.4. The van der Waals surface area contributed by atoms with Gasteiger partial charge >= 0.3 is 5.97 Å². The second-order valence-electron chi connectivity index (χ2n) is 6.44. The van der Waals surface area contributed by atoms with Crippen LogP contribution in [-0.2, 0) is 31.4 Å². The highest BCUT2D eigenvalue weighted by Gasteiger charge is 2.18. The number of hydrogen-bond acceptors (Lipinski definition) is 7. The number of aromatic nitrogens is 2. The van der Waals surface area contributed by atoms with E-state index in [1.165, 1.54) is 16.9 Å². The largest absolute Gasteiger partial charge is 0.455 e. The Bertz CT molecular complexity index is 1050. The van der Waals surface area contributed by atoms with Gasteiger partial charge in [0.05, 0.1) is 6.20 Å². The molecule has 0 radical (unpaired) electrons. The standard InChI is InChI=1S/C19H25N5O6S/c1-4-24(5-2)19(27)14-7-6-8-15(9-14)22-17(25)13-30-18(26)11-21-31(28,29)16-10-20-23(3)12-16/h6-10,12,21H,4-5,11,13H2,1-3H3,(H,22,25). The molecular formula is C19H25N5O6S. The molecule has 0 aliphatic rings. The van der Waals surface area contributed by atoms with Crippen molar-refractivity contribution < 1.29 is 27.5 Å². The summed E-state index contributed by atoms with van der Waals surface area (Å²) in [6.45, 7) is 3.62. The molecule has 11 nitrogen and oxygen atoms in total. The summed E-state index contributed by atoms with van der Waals surface area (Å²) in [6, 6.07) is 6.40. The van der Waals surface area contributed by atoms with Crippen LogP contribution in [0.4, 0.5) is 5.69 Å². The number of hydrogen-bond donors (Lipinski definition) is 2. The lowest BCUT2D eigenvalue weighted by Crippen LogP contribution is -2.32. The number of esters is 1. The number of carbonyl (C=O) groups excluding carboxylic acids is 3. The van der Waals surface area contributed by atoms with Gasteiger partial charge < -0.3 is 15.0 Å². The van der Waals surface area contributed by atoms with Gasteiger partial charge in [0.2, 0.25) is 10.0 Å². The molecule has 0 atom stereocenters. The SMILES string of the molecule is CCN(CC)C(=O)c1cccc(NC(=O)COC(=O)CNS(=O)(=O)c2cnn(C)c2)c1. The molecule has 1 heterocycles. The summed E-state index contributed by atoms with van der Waals surface area (Å²) in [5.74, 6) is -1.71. The van der Waals surface area contributed by atoms with Gasteiger partial charge in [-0.05, 0) is 32.0 Å². The molecule has 0 fully saturated rings. The Kier molecular flexibility index (Phi) is 8.28. The number of ether oxygens (including phenoxy) is 1. The van der Waals surface area contributed by atoms with Crippen molar-refractivity contribution in [2.75, 3.05) is 31.6 Å². The Morgan fingerprint density at radius 1 is 1.19 bits per heavy atom. The first-order valence-electron chi connectivity index (χ1n) is 9.49. The average molecular weight is 452 g/mol. The van der Waals surface area contributed by atoms with Gasteiger partial charge in [-0.2, -0.15) is 9.82 Å². The Hall–Kier alpha value is -3.25. The maximum Gasteiger partial charge on any atom is 0.321 e. The fraction of sp³-hybridized carbons (Fsp3) is 0.368. The van der Waals surface area contributed by atoms with E-state index >= 15 is 0 Å². The molecule has 2 rings (SSSR count). The molecule has 31 heavy (non-hydrogen) atoms. The lowest BCUT2D eigenvalue weighted by molar-refractivity contribution is -0.146. The second kappa shape index (κ2) is 10.7. The molecule has 1 aromatic carbocycles. The smallest absolute Gasteiger partial charge is 0.321 e. The fourth-order valence-corrected chi connectivity index (χ4v) is 3.54. The first-order valence-corrected chi connectivity index (χ1v) is 11.0. The van der Waals surface area contributed by atoms with E-state index < -0.39 is 35.1 Å². The minimum atomic E-state index is -3.92. The normalized spacial score (nSPS) is 11.1. The summed E-state index contributed by atoms with van der Waals surface area (Å²) in [4.78, 5) is 37.8. The van der Waals surface area contributed by atoms with E-state index in [1.54, 1.807) is 30.1 Å². The van der Waals surface area contributed by atoms with Gasteiger partial charge in [0.1, 0.15) is 11.4 Å². The summed E-state index contributed by atoms with van der Waals surface area (Å²) in [6.07, 6.45) is 2.42. The van der Waals surface area contributed by atoms with Crippen molar-refractivity contribution in [1.82, 2.24) is 19.4 Å². The van der Waals surface area contributed by atoms with Gasteiger partial charge in [-0.15, -0.1) is 0 Å². The lowest BCUT2D eigenvalue weighted by atomic mass is 10.1. The van der Waals surface area contributed by atoms with Crippen LogP contribution in [0.2, 0.25) is 0 Å². The summed E-state index contributed by atoms with van der Waals surface area (Å²) in [5, 5.41) is 6.28. The van der Waals surface area contributed by atoms with Crippen molar-refractivity contribution >= 4 is 33.5 Å². The van der Waals surface area contributed by atoms with Crippen LogP contribution >= 0.6 is 0 Å². The van der Waals surface area contributed by atoms with Crippen LogP contribution in [0.15, 0.2) is 41.6 Å². The van der Waals surface area contributed by atoms with Crippen molar-refractivity contribution in [1.29, 1.82) is 0 Å². The molecule has 12 heteroatoms. The van der Waals surface area contributed by atoms with E-state index in [1.807, 2.05) is 13.8 Å².